The summed E-state index contributed by atoms with van der Waals surface area (Å²) >= 11 is 0. The molecule has 0 unspecified atom stereocenters. The Morgan fingerprint density at radius 3 is 1.22 bits per heavy atom. The molecule has 0 heterocycles. The topological polar surface area (TPSA) is 58.2 Å². The Balaban J connectivity index is 0.000000225. The van der Waals surface area contributed by atoms with Crippen LogP contribution in [0.1, 0.15) is 0 Å². The van der Waals surface area contributed by atoms with Gasteiger partial charge in [0.1, 0.15) is 0 Å². The highest BCUT2D eigenvalue weighted by molar-refractivity contribution is 5.86. The summed E-state index contributed by atoms with van der Waals surface area (Å²) in [6.45, 7) is 0. The van der Waals surface area contributed by atoms with Crippen LogP contribution in [0.5, 0.6) is 0 Å². The highest BCUT2D eigenvalue weighted by Crippen LogP contribution is 2.18. The van der Waals surface area contributed by atoms with E-state index in [2.05, 4.69) is 10.6 Å². The number of hydrogen-bond donors (Lipinski definition) is 2. The van der Waals surface area contributed by atoms with Gasteiger partial charge in [0.2, 0.25) is 12.8 Å². The van der Waals surface area contributed by atoms with Gasteiger partial charge in [0.25, 0.3) is 0 Å². The first kappa shape index (κ1) is 13.4. The van der Waals surface area contributed by atoms with E-state index in [-0.39, 0.29) is 0 Å². The van der Waals surface area contributed by atoms with Gasteiger partial charge in [-0.25, -0.2) is 0 Å². The van der Waals surface area contributed by atoms with Crippen LogP contribution in [0, 0.1) is 0 Å². The summed E-state index contributed by atoms with van der Waals surface area (Å²) in [7, 11) is 0. The Morgan fingerprint density at radius 1 is 0.611 bits per heavy atom. The predicted octanol–water partition coefficient (Wildman–Crippen LogP) is 2.51. The van der Waals surface area contributed by atoms with Crippen molar-refractivity contribution in [3.8, 4) is 0 Å². The second-order valence-electron chi connectivity index (χ2n) is 3.22. The van der Waals surface area contributed by atoms with Crippen LogP contribution in [0.2, 0.25) is 0 Å². The van der Waals surface area contributed by atoms with E-state index in [0.29, 0.717) is 24.2 Å². The average Bonchev–Trinajstić information content (AvgIpc) is 2.44. The first-order chi connectivity index (χ1) is 8.88. The molecule has 0 aliphatic carbocycles. The Labute approximate surface area is 106 Å². The first-order valence-electron chi connectivity index (χ1n) is 5.38. The van der Waals surface area contributed by atoms with Crippen molar-refractivity contribution in [3.05, 3.63) is 60.7 Å². The van der Waals surface area contributed by atoms with E-state index < -0.39 is 0 Å². The minimum absolute atomic E-state index is 0.561. The molecule has 0 fully saturated rings. The minimum atomic E-state index is 0.561. The molecule has 92 valence electrons. The Kier molecular flexibility index (Phi) is 6.37. The third kappa shape index (κ3) is 4.94. The normalized spacial score (nSPS) is 8.44. The SMILES string of the molecule is O=CNc1ccccc1NC=O.c1ccccc1. The Morgan fingerprint density at radius 2 is 0.944 bits per heavy atom. The molecule has 2 aromatic carbocycles. The Bertz CT molecular complexity index is 417. The lowest BCUT2D eigenvalue weighted by Crippen LogP contribution is -2.00. The van der Waals surface area contributed by atoms with Gasteiger partial charge in [-0.15, -0.1) is 0 Å². The van der Waals surface area contributed by atoms with E-state index in [1.807, 2.05) is 36.4 Å². The molecule has 0 bridgehead atoms. The summed E-state index contributed by atoms with van der Waals surface area (Å²) in [5, 5.41) is 4.92. The standard InChI is InChI=1S/C8H8N2O2.C6H6/c11-5-9-7-3-1-2-4-8(7)10-6-12;1-2-4-6-5-3-1/h1-6H,(H,9,11)(H,10,12);1-6H. The maximum Gasteiger partial charge on any atom is 0.211 e. The van der Waals surface area contributed by atoms with Gasteiger partial charge in [0.15, 0.2) is 0 Å². The molecule has 2 rings (SSSR count). The highest BCUT2D eigenvalue weighted by Gasteiger charge is 1.96. The molecule has 0 radical (unpaired) electrons. The van der Waals surface area contributed by atoms with Crippen molar-refractivity contribution in [1.29, 1.82) is 0 Å². The number of para-hydroxylation sites is 2. The molecule has 2 aromatic rings. The van der Waals surface area contributed by atoms with Crippen molar-refractivity contribution in [1.82, 2.24) is 0 Å². The summed E-state index contributed by atoms with van der Waals surface area (Å²) in [5.74, 6) is 0. The zero-order valence-corrected chi connectivity index (χ0v) is 9.74. The van der Waals surface area contributed by atoms with Gasteiger partial charge in [-0.1, -0.05) is 48.5 Å². The zero-order chi connectivity index (χ0) is 13.1. The van der Waals surface area contributed by atoms with Crippen molar-refractivity contribution < 1.29 is 9.59 Å². The van der Waals surface area contributed by atoms with Crippen molar-refractivity contribution in [3.63, 3.8) is 0 Å². The third-order valence-corrected chi connectivity index (χ3v) is 2.02. The molecule has 0 aliphatic heterocycles. The fraction of sp³-hybridized carbons (Fsp3) is 0. The van der Waals surface area contributed by atoms with Crippen LogP contribution in [0.15, 0.2) is 60.7 Å². The summed E-state index contributed by atoms with van der Waals surface area (Å²) in [4.78, 5) is 20.2. The van der Waals surface area contributed by atoms with E-state index in [4.69, 9.17) is 0 Å². The molecule has 0 aliphatic rings. The van der Waals surface area contributed by atoms with Crippen LogP contribution < -0.4 is 10.6 Å². The molecule has 4 nitrogen and oxygen atoms in total. The quantitative estimate of drug-likeness (QED) is 0.809. The van der Waals surface area contributed by atoms with Crippen molar-refractivity contribution in [2.24, 2.45) is 0 Å². The van der Waals surface area contributed by atoms with Gasteiger partial charge >= 0.3 is 0 Å². The lowest BCUT2D eigenvalue weighted by atomic mass is 10.2. The molecule has 0 aromatic heterocycles. The number of nitrogens with one attached hydrogen (secondary N) is 2. The number of rotatable bonds is 4. The minimum Gasteiger partial charge on any atom is -0.327 e. The second-order valence-corrected chi connectivity index (χ2v) is 3.22. The maximum atomic E-state index is 10.1. The molecular formula is C14H14N2O2. The van der Waals surface area contributed by atoms with Crippen molar-refractivity contribution in [2.75, 3.05) is 10.6 Å². The largest absolute Gasteiger partial charge is 0.327 e. The van der Waals surface area contributed by atoms with Gasteiger partial charge in [-0.3, -0.25) is 9.59 Å². The van der Waals surface area contributed by atoms with Gasteiger partial charge in [-0.05, 0) is 12.1 Å². The number of carbonyl (C=O) groups is 2. The van der Waals surface area contributed by atoms with Gasteiger partial charge in [0.05, 0.1) is 11.4 Å². The molecule has 18 heavy (non-hydrogen) atoms. The van der Waals surface area contributed by atoms with Gasteiger partial charge in [-0.2, -0.15) is 0 Å². The van der Waals surface area contributed by atoms with Gasteiger partial charge < -0.3 is 10.6 Å². The van der Waals surface area contributed by atoms with Gasteiger partial charge in [0, 0.05) is 0 Å². The van der Waals surface area contributed by atoms with E-state index in [1.54, 1.807) is 24.3 Å². The van der Waals surface area contributed by atoms with E-state index in [1.165, 1.54) is 0 Å². The molecule has 0 saturated carbocycles. The fourth-order valence-corrected chi connectivity index (χ4v) is 1.25. The lowest BCUT2D eigenvalue weighted by molar-refractivity contribution is -0.106. The van der Waals surface area contributed by atoms with Crippen LogP contribution in [0.25, 0.3) is 0 Å². The zero-order valence-electron chi connectivity index (χ0n) is 9.74. The lowest BCUT2D eigenvalue weighted by Gasteiger charge is -2.04. The molecule has 0 spiro atoms. The number of anilines is 2. The second kappa shape index (κ2) is 8.52. The predicted molar refractivity (Wildman–Crippen MR) is 72.3 cm³/mol. The number of hydrogen-bond acceptors (Lipinski definition) is 2. The van der Waals surface area contributed by atoms with Crippen LogP contribution >= 0.6 is 0 Å². The van der Waals surface area contributed by atoms with E-state index in [9.17, 15) is 9.59 Å². The molecule has 0 atom stereocenters. The third-order valence-electron chi connectivity index (χ3n) is 2.02. The molecule has 2 N–H and O–H groups in total. The summed E-state index contributed by atoms with van der Waals surface area (Å²) < 4.78 is 0. The highest BCUT2D eigenvalue weighted by atomic mass is 16.1. The fourth-order valence-electron chi connectivity index (χ4n) is 1.25. The summed E-state index contributed by atoms with van der Waals surface area (Å²) in [6, 6.07) is 18.9. The number of benzene rings is 2. The number of amides is 2. The van der Waals surface area contributed by atoms with Crippen LogP contribution in [-0.4, -0.2) is 12.8 Å². The summed E-state index contributed by atoms with van der Waals surface area (Å²) in [5.41, 5.74) is 1.17. The molecule has 0 saturated heterocycles. The first-order valence-corrected chi connectivity index (χ1v) is 5.38. The smallest absolute Gasteiger partial charge is 0.211 e. The molecular weight excluding hydrogens is 228 g/mol. The van der Waals surface area contributed by atoms with E-state index >= 15 is 0 Å². The van der Waals surface area contributed by atoms with Crippen molar-refractivity contribution in [2.45, 2.75) is 0 Å². The monoisotopic (exact) mass is 242 g/mol. The van der Waals surface area contributed by atoms with Crippen LogP contribution in [0.3, 0.4) is 0 Å². The molecule has 2 amide bonds. The number of carbonyl (C=O) groups excluding carboxylic acids is 2. The van der Waals surface area contributed by atoms with E-state index in [0.717, 1.165) is 0 Å². The maximum absolute atomic E-state index is 10.1. The van der Waals surface area contributed by atoms with Crippen LogP contribution in [-0.2, 0) is 9.59 Å². The van der Waals surface area contributed by atoms with Crippen molar-refractivity contribution >= 4 is 24.2 Å². The average molecular weight is 242 g/mol. The Hall–Kier alpha value is -2.62. The molecule has 4 heteroatoms. The van der Waals surface area contributed by atoms with Crippen LogP contribution in [0.4, 0.5) is 11.4 Å². The summed E-state index contributed by atoms with van der Waals surface area (Å²) in [6.07, 6.45) is 1.12.